The minimum Gasteiger partial charge on any atom is -0.445 e. The maximum absolute atomic E-state index is 15.2. The fourth-order valence-corrected chi connectivity index (χ4v) is 5.99. The molecule has 7 nitrogen and oxygen atoms in total. The third-order valence-corrected chi connectivity index (χ3v) is 8.05. The Labute approximate surface area is 225 Å². The SMILES string of the molecule is CC(C)(C)OC(=O)N1CCC(CC2CCN(C3CCN(C(=O)OCc4ccccc4)CC3(F)F)CC2)CC1. The van der Waals surface area contributed by atoms with Gasteiger partial charge in [-0.3, -0.25) is 4.90 Å². The zero-order valence-corrected chi connectivity index (χ0v) is 23.0. The summed E-state index contributed by atoms with van der Waals surface area (Å²) in [6, 6.07) is 8.41. The van der Waals surface area contributed by atoms with Crippen LogP contribution in [0.2, 0.25) is 0 Å². The summed E-state index contributed by atoms with van der Waals surface area (Å²) in [6.45, 7) is 8.18. The third-order valence-electron chi connectivity index (χ3n) is 8.05. The van der Waals surface area contributed by atoms with Gasteiger partial charge in [0.2, 0.25) is 0 Å². The minimum absolute atomic E-state index is 0.0821. The number of alkyl halides is 2. The average Bonchev–Trinajstić information content (AvgIpc) is 2.87. The van der Waals surface area contributed by atoms with E-state index in [4.69, 9.17) is 9.47 Å². The molecule has 3 heterocycles. The average molecular weight is 536 g/mol. The first-order valence-corrected chi connectivity index (χ1v) is 14.1. The zero-order valence-electron chi connectivity index (χ0n) is 23.0. The molecule has 0 N–H and O–H groups in total. The number of nitrogens with zero attached hydrogens (tertiary/aromatic N) is 3. The van der Waals surface area contributed by atoms with Gasteiger partial charge in [-0.25, -0.2) is 18.4 Å². The van der Waals surface area contributed by atoms with Gasteiger partial charge in [0.1, 0.15) is 12.2 Å². The van der Waals surface area contributed by atoms with Crippen molar-refractivity contribution in [3.8, 4) is 0 Å². The molecule has 1 atom stereocenters. The number of piperidine rings is 3. The van der Waals surface area contributed by atoms with E-state index in [1.807, 2.05) is 56.0 Å². The van der Waals surface area contributed by atoms with E-state index < -0.39 is 30.2 Å². The van der Waals surface area contributed by atoms with E-state index in [0.717, 1.165) is 55.7 Å². The second kappa shape index (κ2) is 12.2. The van der Waals surface area contributed by atoms with Crippen molar-refractivity contribution in [1.29, 1.82) is 0 Å². The van der Waals surface area contributed by atoms with Crippen LogP contribution >= 0.6 is 0 Å². The van der Waals surface area contributed by atoms with Crippen LogP contribution in [-0.4, -0.2) is 83.7 Å². The van der Waals surface area contributed by atoms with Crippen LogP contribution in [0.15, 0.2) is 30.3 Å². The lowest BCUT2D eigenvalue weighted by Crippen LogP contribution is -2.60. The molecule has 0 aliphatic carbocycles. The fraction of sp³-hybridized carbons (Fsp3) is 0.724. The van der Waals surface area contributed by atoms with Gasteiger partial charge in [-0.15, -0.1) is 0 Å². The fourth-order valence-electron chi connectivity index (χ4n) is 5.99. The van der Waals surface area contributed by atoms with Crippen molar-refractivity contribution in [2.75, 3.05) is 39.3 Å². The molecule has 38 heavy (non-hydrogen) atoms. The molecule has 1 unspecified atom stereocenters. The molecule has 1 aromatic carbocycles. The van der Waals surface area contributed by atoms with Gasteiger partial charge in [0.15, 0.2) is 0 Å². The van der Waals surface area contributed by atoms with Gasteiger partial charge in [0.25, 0.3) is 5.92 Å². The Morgan fingerprint density at radius 2 is 1.45 bits per heavy atom. The first kappa shape index (κ1) is 28.6. The highest BCUT2D eigenvalue weighted by molar-refractivity contribution is 5.68. The van der Waals surface area contributed by atoms with Crippen LogP contribution < -0.4 is 0 Å². The molecule has 3 saturated heterocycles. The monoisotopic (exact) mass is 535 g/mol. The van der Waals surface area contributed by atoms with Crippen molar-refractivity contribution in [1.82, 2.24) is 14.7 Å². The Hall–Kier alpha value is -2.42. The molecule has 0 saturated carbocycles. The number of carbonyl (C=O) groups is 2. The van der Waals surface area contributed by atoms with Crippen molar-refractivity contribution in [3.05, 3.63) is 35.9 Å². The van der Waals surface area contributed by atoms with Crippen LogP contribution in [-0.2, 0) is 16.1 Å². The molecule has 0 radical (unpaired) electrons. The smallest absolute Gasteiger partial charge is 0.410 e. The maximum atomic E-state index is 15.2. The van der Waals surface area contributed by atoms with E-state index in [-0.39, 0.29) is 25.7 Å². The second-order valence-corrected chi connectivity index (χ2v) is 12.2. The topological polar surface area (TPSA) is 62.3 Å². The number of likely N-dealkylation sites (tertiary alicyclic amines) is 3. The van der Waals surface area contributed by atoms with Crippen molar-refractivity contribution in [3.63, 3.8) is 0 Å². The Balaban J connectivity index is 1.17. The molecular formula is C29H43F2N3O4. The first-order valence-electron chi connectivity index (χ1n) is 14.1. The van der Waals surface area contributed by atoms with E-state index in [2.05, 4.69) is 0 Å². The molecule has 3 aliphatic rings. The molecule has 0 bridgehead atoms. The van der Waals surface area contributed by atoms with E-state index >= 15 is 8.78 Å². The van der Waals surface area contributed by atoms with E-state index in [9.17, 15) is 9.59 Å². The van der Waals surface area contributed by atoms with Crippen molar-refractivity contribution >= 4 is 12.2 Å². The number of benzene rings is 1. The quantitative estimate of drug-likeness (QED) is 0.478. The minimum atomic E-state index is -2.97. The highest BCUT2D eigenvalue weighted by atomic mass is 19.3. The van der Waals surface area contributed by atoms with Crippen LogP contribution in [0.5, 0.6) is 0 Å². The molecule has 1 aromatic rings. The molecule has 3 fully saturated rings. The summed E-state index contributed by atoms with van der Waals surface area (Å²) in [5, 5.41) is 0. The predicted octanol–water partition coefficient (Wildman–Crippen LogP) is 5.78. The number of halogens is 2. The molecule has 9 heteroatoms. The largest absolute Gasteiger partial charge is 0.445 e. The summed E-state index contributed by atoms with van der Waals surface area (Å²) in [5.74, 6) is -1.87. The first-order chi connectivity index (χ1) is 18.0. The number of rotatable bonds is 5. The van der Waals surface area contributed by atoms with Crippen molar-refractivity contribution < 1.29 is 27.8 Å². The van der Waals surface area contributed by atoms with Crippen LogP contribution in [0.25, 0.3) is 0 Å². The zero-order chi connectivity index (χ0) is 27.3. The Morgan fingerprint density at radius 3 is 2.03 bits per heavy atom. The van der Waals surface area contributed by atoms with Crippen molar-refractivity contribution in [2.45, 2.75) is 83.5 Å². The lowest BCUT2D eigenvalue weighted by molar-refractivity contribution is -0.128. The highest BCUT2D eigenvalue weighted by Gasteiger charge is 2.49. The standard InChI is InChI=1S/C29H43F2N3O4/c1-28(2,3)38-27(36)33-16-11-23(12-17-33)19-22-9-14-32(15-10-22)25-13-18-34(21-29(25,30)31)26(35)37-20-24-7-5-4-6-8-24/h4-8,22-23,25H,9-21H2,1-3H3. The van der Waals surface area contributed by atoms with E-state index in [0.29, 0.717) is 24.9 Å². The lowest BCUT2D eigenvalue weighted by atomic mass is 9.82. The van der Waals surface area contributed by atoms with Crippen LogP contribution in [0.1, 0.15) is 64.9 Å². The summed E-state index contributed by atoms with van der Waals surface area (Å²) in [6.07, 6.45) is 4.21. The van der Waals surface area contributed by atoms with Gasteiger partial charge in [-0.05, 0) is 89.8 Å². The molecule has 212 valence electrons. The third kappa shape index (κ3) is 7.80. The Morgan fingerprint density at radius 1 is 0.868 bits per heavy atom. The van der Waals surface area contributed by atoms with Crippen LogP contribution in [0.3, 0.4) is 0 Å². The highest BCUT2D eigenvalue weighted by Crippen LogP contribution is 2.36. The molecular weight excluding hydrogens is 492 g/mol. The van der Waals surface area contributed by atoms with Crippen LogP contribution in [0, 0.1) is 11.8 Å². The number of ether oxygens (including phenoxy) is 2. The van der Waals surface area contributed by atoms with E-state index in [1.165, 1.54) is 0 Å². The van der Waals surface area contributed by atoms with E-state index in [1.54, 1.807) is 4.90 Å². The summed E-state index contributed by atoms with van der Waals surface area (Å²) in [4.78, 5) is 29.6. The summed E-state index contributed by atoms with van der Waals surface area (Å²) in [7, 11) is 0. The van der Waals surface area contributed by atoms with Crippen LogP contribution in [0.4, 0.5) is 18.4 Å². The van der Waals surface area contributed by atoms with Gasteiger partial charge >= 0.3 is 12.2 Å². The number of hydrogen-bond donors (Lipinski definition) is 0. The molecule has 3 aliphatic heterocycles. The number of amides is 2. The maximum Gasteiger partial charge on any atom is 0.410 e. The predicted molar refractivity (Wildman–Crippen MR) is 141 cm³/mol. The number of hydrogen-bond acceptors (Lipinski definition) is 5. The second-order valence-electron chi connectivity index (χ2n) is 12.2. The molecule has 0 aromatic heterocycles. The van der Waals surface area contributed by atoms with Gasteiger partial charge in [0, 0.05) is 19.6 Å². The van der Waals surface area contributed by atoms with Crippen molar-refractivity contribution in [2.24, 2.45) is 11.8 Å². The Kier molecular flexibility index (Phi) is 9.16. The Bertz CT molecular complexity index is 924. The normalized spacial score (nSPS) is 23.8. The molecule has 2 amide bonds. The lowest BCUT2D eigenvalue weighted by Gasteiger charge is -2.45. The molecule has 4 rings (SSSR count). The molecule has 0 spiro atoms. The number of carbonyl (C=O) groups excluding carboxylic acids is 2. The summed E-state index contributed by atoms with van der Waals surface area (Å²) in [5.41, 5.74) is 0.347. The summed E-state index contributed by atoms with van der Waals surface area (Å²) < 4.78 is 41.1. The summed E-state index contributed by atoms with van der Waals surface area (Å²) >= 11 is 0. The van der Waals surface area contributed by atoms with Gasteiger partial charge < -0.3 is 19.3 Å². The van der Waals surface area contributed by atoms with Gasteiger partial charge in [0.05, 0.1) is 12.6 Å². The van der Waals surface area contributed by atoms with Gasteiger partial charge in [-0.1, -0.05) is 30.3 Å². The van der Waals surface area contributed by atoms with Gasteiger partial charge in [-0.2, -0.15) is 0 Å².